The summed E-state index contributed by atoms with van der Waals surface area (Å²) in [5.74, 6) is 0.396. The van der Waals surface area contributed by atoms with E-state index in [-0.39, 0.29) is 5.76 Å². The molecular weight excluding hydrogens is 408 g/mol. The van der Waals surface area contributed by atoms with Crippen molar-refractivity contribution in [1.29, 1.82) is 0 Å². The van der Waals surface area contributed by atoms with Gasteiger partial charge in [-0.25, -0.2) is 5.43 Å². The van der Waals surface area contributed by atoms with E-state index in [2.05, 4.69) is 26.5 Å². The summed E-state index contributed by atoms with van der Waals surface area (Å²) in [6.07, 6.45) is 1.52. The van der Waals surface area contributed by atoms with E-state index in [1.807, 2.05) is 25.1 Å². The van der Waals surface area contributed by atoms with Crippen molar-refractivity contribution in [3.8, 4) is 5.75 Å². The minimum atomic E-state index is -0.448. The molecule has 1 aromatic heterocycles. The van der Waals surface area contributed by atoms with Crippen LogP contribution in [0.25, 0.3) is 11.0 Å². The number of nitrogens with one attached hydrogen (secondary N) is 1. The van der Waals surface area contributed by atoms with Gasteiger partial charge in [0.2, 0.25) is 0 Å². The van der Waals surface area contributed by atoms with Crippen LogP contribution in [-0.2, 0) is 0 Å². The maximum Gasteiger partial charge on any atom is 0.307 e. The third-order valence-corrected chi connectivity index (χ3v) is 4.07. The van der Waals surface area contributed by atoms with Crippen LogP contribution in [0, 0.1) is 0 Å². The molecule has 0 aliphatic carbocycles. The molecule has 5 nitrogen and oxygen atoms in total. The quantitative estimate of drug-likeness (QED) is 0.465. The van der Waals surface area contributed by atoms with Gasteiger partial charge < -0.3 is 9.15 Å². The smallest absolute Gasteiger partial charge is 0.307 e. The summed E-state index contributed by atoms with van der Waals surface area (Å²) in [6, 6.07) is 12.3. The average Bonchev–Trinajstić information content (AvgIpc) is 3.00. The highest BCUT2D eigenvalue weighted by atomic mass is 79.9. The Morgan fingerprint density at radius 2 is 2.16 bits per heavy atom. The normalized spacial score (nSPS) is 11.2. The SMILES string of the molecule is CCOc1ccc(Br)cc1/C=N/NC(=O)c1cc2cc(Cl)ccc2o1. The number of rotatable bonds is 5. The summed E-state index contributed by atoms with van der Waals surface area (Å²) in [7, 11) is 0. The maximum atomic E-state index is 12.2. The molecule has 0 atom stereocenters. The number of halogens is 2. The molecular formula is C18H14BrClN2O3. The van der Waals surface area contributed by atoms with Crippen molar-refractivity contribution in [1.82, 2.24) is 5.43 Å². The largest absolute Gasteiger partial charge is 0.493 e. The molecule has 0 aliphatic rings. The summed E-state index contributed by atoms with van der Waals surface area (Å²) in [5, 5.41) is 5.31. The first kappa shape index (κ1) is 17.5. The Bertz CT molecular complexity index is 953. The summed E-state index contributed by atoms with van der Waals surface area (Å²) >= 11 is 9.33. The molecule has 2 aromatic carbocycles. The van der Waals surface area contributed by atoms with Crippen molar-refractivity contribution in [3.05, 3.63) is 63.3 Å². The van der Waals surface area contributed by atoms with Gasteiger partial charge in [0.15, 0.2) is 5.76 Å². The highest BCUT2D eigenvalue weighted by Gasteiger charge is 2.12. The van der Waals surface area contributed by atoms with E-state index in [1.165, 1.54) is 6.21 Å². The van der Waals surface area contributed by atoms with Crippen molar-refractivity contribution < 1.29 is 13.9 Å². The van der Waals surface area contributed by atoms with Gasteiger partial charge >= 0.3 is 5.91 Å². The minimum absolute atomic E-state index is 0.161. The number of hydrogen-bond acceptors (Lipinski definition) is 4. The second-order valence-electron chi connectivity index (χ2n) is 5.11. The monoisotopic (exact) mass is 420 g/mol. The number of benzene rings is 2. The molecule has 1 heterocycles. The zero-order chi connectivity index (χ0) is 17.8. The number of carbonyl (C=O) groups excluding carboxylic acids is 1. The molecule has 3 aromatic rings. The van der Waals surface area contributed by atoms with E-state index in [9.17, 15) is 4.79 Å². The van der Waals surface area contributed by atoms with Crippen molar-refractivity contribution in [3.63, 3.8) is 0 Å². The van der Waals surface area contributed by atoms with Crippen LogP contribution in [-0.4, -0.2) is 18.7 Å². The molecule has 7 heteroatoms. The Labute approximate surface area is 157 Å². The van der Waals surface area contributed by atoms with Crippen molar-refractivity contribution in [2.45, 2.75) is 6.92 Å². The fourth-order valence-electron chi connectivity index (χ4n) is 2.25. The highest BCUT2D eigenvalue weighted by molar-refractivity contribution is 9.10. The predicted molar refractivity (Wildman–Crippen MR) is 102 cm³/mol. The molecule has 0 saturated carbocycles. The van der Waals surface area contributed by atoms with Crippen LogP contribution in [0.4, 0.5) is 0 Å². The summed E-state index contributed by atoms with van der Waals surface area (Å²) < 4.78 is 11.9. The van der Waals surface area contributed by atoms with Gasteiger partial charge in [0, 0.05) is 20.4 Å². The van der Waals surface area contributed by atoms with Crippen LogP contribution in [0.1, 0.15) is 23.0 Å². The average molecular weight is 422 g/mol. The molecule has 1 N–H and O–H groups in total. The number of fused-ring (bicyclic) bond motifs is 1. The first-order valence-electron chi connectivity index (χ1n) is 7.51. The number of hydrogen-bond donors (Lipinski definition) is 1. The molecule has 0 aliphatic heterocycles. The lowest BCUT2D eigenvalue weighted by Crippen LogP contribution is -2.16. The van der Waals surface area contributed by atoms with Gasteiger partial charge in [0.25, 0.3) is 0 Å². The first-order chi connectivity index (χ1) is 12.1. The van der Waals surface area contributed by atoms with Crippen LogP contribution in [0.2, 0.25) is 5.02 Å². The third-order valence-electron chi connectivity index (χ3n) is 3.34. The van der Waals surface area contributed by atoms with E-state index >= 15 is 0 Å². The van der Waals surface area contributed by atoms with Gasteiger partial charge in [-0.2, -0.15) is 5.10 Å². The molecule has 0 radical (unpaired) electrons. The lowest BCUT2D eigenvalue weighted by molar-refractivity contribution is 0.0929. The Balaban J connectivity index is 1.75. The zero-order valence-electron chi connectivity index (χ0n) is 13.3. The van der Waals surface area contributed by atoms with Crippen LogP contribution >= 0.6 is 27.5 Å². The second-order valence-corrected chi connectivity index (χ2v) is 6.46. The molecule has 3 rings (SSSR count). The van der Waals surface area contributed by atoms with Crippen LogP contribution in [0.5, 0.6) is 5.75 Å². The number of amides is 1. The van der Waals surface area contributed by atoms with Crippen LogP contribution < -0.4 is 10.2 Å². The van der Waals surface area contributed by atoms with Crippen molar-refractivity contribution in [2.24, 2.45) is 5.10 Å². The lowest BCUT2D eigenvalue weighted by Gasteiger charge is -2.06. The molecule has 25 heavy (non-hydrogen) atoms. The number of ether oxygens (including phenoxy) is 1. The fraction of sp³-hybridized carbons (Fsp3) is 0.111. The van der Waals surface area contributed by atoms with Crippen LogP contribution in [0.15, 0.2) is 56.5 Å². The standard InChI is InChI=1S/C18H14BrClN2O3/c1-2-24-15-5-3-13(19)7-12(15)10-21-22-18(23)17-9-11-8-14(20)4-6-16(11)25-17/h3-10H,2H2,1H3,(H,22,23)/b21-10+. The minimum Gasteiger partial charge on any atom is -0.493 e. The summed E-state index contributed by atoms with van der Waals surface area (Å²) in [4.78, 5) is 12.2. The molecule has 1 amide bonds. The van der Waals surface area contributed by atoms with E-state index < -0.39 is 5.91 Å². The fourth-order valence-corrected chi connectivity index (χ4v) is 2.81. The van der Waals surface area contributed by atoms with Crippen molar-refractivity contribution in [2.75, 3.05) is 6.61 Å². The maximum absolute atomic E-state index is 12.2. The van der Waals surface area contributed by atoms with Gasteiger partial charge in [-0.15, -0.1) is 0 Å². The number of nitrogens with zero attached hydrogens (tertiary/aromatic N) is 1. The zero-order valence-corrected chi connectivity index (χ0v) is 15.6. The number of furan rings is 1. The van der Waals surface area contributed by atoms with E-state index in [0.717, 1.165) is 15.4 Å². The Hall–Kier alpha value is -2.31. The summed E-state index contributed by atoms with van der Waals surface area (Å²) in [5.41, 5.74) is 3.78. The number of hydrazone groups is 1. The Morgan fingerprint density at radius 3 is 2.96 bits per heavy atom. The first-order valence-corrected chi connectivity index (χ1v) is 8.69. The highest BCUT2D eigenvalue weighted by Crippen LogP contribution is 2.23. The van der Waals surface area contributed by atoms with Gasteiger partial charge in [0.05, 0.1) is 12.8 Å². The van der Waals surface area contributed by atoms with E-state index in [0.29, 0.717) is 23.0 Å². The van der Waals surface area contributed by atoms with Gasteiger partial charge in [-0.1, -0.05) is 27.5 Å². The lowest BCUT2D eigenvalue weighted by atomic mass is 10.2. The Morgan fingerprint density at radius 1 is 1.32 bits per heavy atom. The molecule has 0 spiro atoms. The molecule has 0 unspecified atom stereocenters. The van der Waals surface area contributed by atoms with Gasteiger partial charge in [-0.3, -0.25) is 4.79 Å². The molecule has 0 saturated heterocycles. The van der Waals surface area contributed by atoms with Gasteiger partial charge in [-0.05, 0) is 49.4 Å². The van der Waals surface area contributed by atoms with E-state index in [1.54, 1.807) is 24.3 Å². The Kier molecular flexibility index (Phi) is 5.40. The number of carbonyl (C=O) groups is 1. The third kappa shape index (κ3) is 4.21. The molecule has 128 valence electrons. The predicted octanol–water partition coefficient (Wildman–Crippen LogP) is 5.01. The molecule has 0 bridgehead atoms. The topological polar surface area (TPSA) is 63.8 Å². The summed E-state index contributed by atoms with van der Waals surface area (Å²) in [6.45, 7) is 2.44. The second kappa shape index (κ2) is 7.72. The van der Waals surface area contributed by atoms with Crippen molar-refractivity contribution >= 4 is 50.6 Å². The molecule has 0 fully saturated rings. The van der Waals surface area contributed by atoms with E-state index in [4.69, 9.17) is 20.8 Å². The van der Waals surface area contributed by atoms with Gasteiger partial charge in [0.1, 0.15) is 11.3 Å². The van der Waals surface area contributed by atoms with Crippen LogP contribution in [0.3, 0.4) is 0 Å².